The summed E-state index contributed by atoms with van der Waals surface area (Å²) in [6, 6.07) is 25.8. The molecule has 4 aromatic rings. The number of benzene rings is 3. The Morgan fingerprint density at radius 2 is 1.45 bits per heavy atom. The van der Waals surface area contributed by atoms with Gasteiger partial charge in [-0.15, -0.1) is 0 Å². The number of ketones is 1. The van der Waals surface area contributed by atoms with Crippen molar-refractivity contribution < 1.29 is 9.53 Å². The van der Waals surface area contributed by atoms with Gasteiger partial charge in [0.2, 0.25) is 0 Å². The van der Waals surface area contributed by atoms with Gasteiger partial charge in [0, 0.05) is 12.6 Å². The Morgan fingerprint density at radius 1 is 0.871 bits per heavy atom. The van der Waals surface area contributed by atoms with Crippen LogP contribution in [0.1, 0.15) is 16.1 Å². The van der Waals surface area contributed by atoms with Gasteiger partial charge in [-0.3, -0.25) is 14.3 Å². The second kappa shape index (κ2) is 8.75. The van der Waals surface area contributed by atoms with Crippen molar-refractivity contribution in [3.05, 3.63) is 107 Å². The normalized spacial score (nSPS) is 10.6. The molecule has 0 aliphatic rings. The zero-order chi connectivity index (χ0) is 21.8. The number of hydrogen-bond acceptors (Lipinski definition) is 4. The second-order valence-corrected chi connectivity index (χ2v) is 7.15. The Bertz CT molecular complexity index is 1240. The van der Waals surface area contributed by atoms with Crippen molar-refractivity contribution in [2.75, 3.05) is 11.9 Å². The monoisotopic (exact) mass is 413 g/mol. The molecule has 4 rings (SSSR count). The Labute approximate surface area is 180 Å². The smallest absolute Gasteiger partial charge is 0.295 e. The molecular formula is C25H23N3O3. The van der Waals surface area contributed by atoms with Gasteiger partial charge in [0.15, 0.2) is 5.78 Å². The second-order valence-electron chi connectivity index (χ2n) is 7.15. The van der Waals surface area contributed by atoms with Gasteiger partial charge in [-0.25, -0.2) is 4.68 Å². The molecule has 0 atom stereocenters. The predicted octanol–water partition coefficient (Wildman–Crippen LogP) is 4.57. The Morgan fingerprint density at radius 3 is 2.10 bits per heavy atom. The first-order valence-corrected chi connectivity index (χ1v) is 9.98. The summed E-state index contributed by atoms with van der Waals surface area (Å²) in [5, 5.41) is 3.03. The number of para-hydroxylation sites is 2. The summed E-state index contributed by atoms with van der Waals surface area (Å²) < 4.78 is 9.12. The fourth-order valence-corrected chi connectivity index (χ4v) is 3.38. The number of rotatable bonds is 7. The first kappa shape index (κ1) is 20.2. The van der Waals surface area contributed by atoms with E-state index < -0.39 is 0 Å². The maximum atomic E-state index is 12.9. The van der Waals surface area contributed by atoms with Gasteiger partial charge in [-0.05, 0) is 55.5 Å². The van der Waals surface area contributed by atoms with Gasteiger partial charge in [-0.2, -0.15) is 0 Å². The van der Waals surface area contributed by atoms with Crippen LogP contribution in [0.3, 0.4) is 0 Å². The molecule has 0 radical (unpaired) electrons. The van der Waals surface area contributed by atoms with E-state index in [1.54, 1.807) is 33.6 Å². The summed E-state index contributed by atoms with van der Waals surface area (Å²) in [6.45, 7) is 1.87. The average molecular weight is 413 g/mol. The Balaban J connectivity index is 1.46. The molecule has 156 valence electrons. The SMILES string of the molecule is Cc1c(NCC(=O)c2ccc(Oc3ccccc3)cc2)c(=O)n(-c2ccccc2)n1C. The highest BCUT2D eigenvalue weighted by atomic mass is 16.5. The molecule has 1 aromatic heterocycles. The molecule has 0 amide bonds. The molecule has 0 aliphatic heterocycles. The number of aromatic nitrogens is 2. The number of carbonyl (C=O) groups is 1. The summed E-state index contributed by atoms with van der Waals surface area (Å²) in [5.74, 6) is 1.28. The number of nitrogens with zero attached hydrogens (tertiary/aromatic N) is 2. The van der Waals surface area contributed by atoms with Crippen molar-refractivity contribution in [2.24, 2.45) is 7.05 Å². The van der Waals surface area contributed by atoms with Crippen molar-refractivity contribution in [1.82, 2.24) is 9.36 Å². The van der Waals surface area contributed by atoms with E-state index in [0.717, 1.165) is 17.1 Å². The van der Waals surface area contributed by atoms with Gasteiger partial charge in [0.25, 0.3) is 5.56 Å². The minimum Gasteiger partial charge on any atom is -0.457 e. The lowest BCUT2D eigenvalue weighted by Crippen LogP contribution is -2.22. The Hall–Kier alpha value is -4.06. The lowest BCUT2D eigenvalue weighted by Gasteiger charge is -2.07. The highest BCUT2D eigenvalue weighted by Crippen LogP contribution is 2.21. The van der Waals surface area contributed by atoms with Crippen LogP contribution in [0.25, 0.3) is 5.69 Å². The lowest BCUT2D eigenvalue weighted by atomic mass is 10.1. The standard InChI is InChI=1S/C25H23N3O3/c1-18-24(25(30)28(27(18)2)20-9-5-3-6-10-20)26-17-23(29)19-13-15-22(16-14-19)31-21-11-7-4-8-12-21/h3-16,26H,17H2,1-2H3. The van der Waals surface area contributed by atoms with Crippen molar-refractivity contribution in [1.29, 1.82) is 0 Å². The van der Waals surface area contributed by atoms with Crippen molar-refractivity contribution in [3.63, 3.8) is 0 Å². The molecule has 0 fully saturated rings. The first-order valence-electron chi connectivity index (χ1n) is 9.98. The van der Waals surface area contributed by atoms with Crippen LogP contribution in [0.5, 0.6) is 11.5 Å². The van der Waals surface area contributed by atoms with Crippen LogP contribution in [0, 0.1) is 6.92 Å². The molecule has 0 unspecified atom stereocenters. The maximum Gasteiger partial charge on any atom is 0.295 e. The topological polar surface area (TPSA) is 65.3 Å². The van der Waals surface area contributed by atoms with Crippen molar-refractivity contribution in [3.8, 4) is 17.2 Å². The number of carbonyl (C=O) groups excluding carboxylic acids is 1. The van der Waals surface area contributed by atoms with Crippen LogP contribution < -0.4 is 15.6 Å². The van der Waals surface area contributed by atoms with Crippen LogP contribution >= 0.6 is 0 Å². The summed E-state index contributed by atoms with van der Waals surface area (Å²) in [6.07, 6.45) is 0. The third-order valence-electron chi connectivity index (χ3n) is 5.14. The number of nitrogens with one attached hydrogen (secondary N) is 1. The molecule has 1 heterocycles. The summed E-state index contributed by atoms with van der Waals surface area (Å²) in [4.78, 5) is 25.6. The van der Waals surface area contributed by atoms with Gasteiger partial charge in [0.1, 0.15) is 17.2 Å². The number of ether oxygens (including phenoxy) is 1. The van der Waals surface area contributed by atoms with Crippen molar-refractivity contribution in [2.45, 2.75) is 6.92 Å². The molecule has 0 saturated carbocycles. The fourth-order valence-electron chi connectivity index (χ4n) is 3.38. The molecule has 6 heteroatoms. The van der Waals surface area contributed by atoms with Gasteiger partial charge < -0.3 is 10.1 Å². The Kier molecular flexibility index (Phi) is 5.71. The summed E-state index contributed by atoms with van der Waals surface area (Å²) in [7, 11) is 1.82. The zero-order valence-electron chi connectivity index (χ0n) is 17.4. The average Bonchev–Trinajstić information content (AvgIpc) is 3.01. The maximum absolute atomic E-state index is 12.9. The number of Topliss-reactive ketones (excluding diaryl/α,β-unsaturated/α-hetero) is 1. The van der Waals surface area contributed by atoms with Crippen LogP contribution in [0.15, 0.2) is 89.7 Å². The minimum atomic E-state index is -0.189. The molecule has 0 saturated heterocycles. The van der Waals surface area contributed by atoms with E-state index in [2.05, 4.69) is 5.32 Å². The molecule has 0 aliphatic carbocycles. The van der Waals surface area contributed by atoms with E-state index in [1.807, 2.05) is 74.6 Å². The van der Waals surface area contributed by atoms with Crippen LogP contribution in [-0.4, -0.2) is 21.7 Å². The molecule has 31 heavy (non-hydrogen) atoms. The van der Waals surface area contributed by atoms with Gasteiger partial charge in [0.05, 0.1) is 17.9 Å². The minimum absolute atomic E-state index is 0.0216. The van der Waals surface area contributed by atoms with E-state index in [9.17, 15) is 9.59 Å². The number of anilines is 1. The summed E-state index contributed by atoms with van der Waals surface area (Å²) in [5.41, 5.74) is 2.30. The van der Waals surface area contributed by atoms with Crippen LogP contribution in [0.2, 0.25) is 0 Å². The molecule has 0 bridgehead atoms. The third-order valence-corrected chi connectivity index (χ3v) is 5.14. The fraction of sp³-hybridized carbons (Fsp3) is 0.120. The van der Waals surface area contributed by atoms with E-state index in [0.29, 0.717) is 17.0 Å². The van der Waals surface area contributed by atoms with Crippen LogP contribution in [-0.2, 0) is 7.05 Å². The zero-order valence-corrected chi connectivity index (χ0v) is 17.4. The molecule has 0 spiro atoms. The van der Waals surface area contributed by atoms with E-state index in [-0.39, 0.29) is 17.9 Å². The largest absolute Gasteiger partial charge is 0.457 e. The van der Waals surface area contributed by atoms with E-state index in [1.165, 1.54) is 0 Å². The summed E-state index contributed by atoms with van der Waals surface area (Å²) >= 11 is 0. The first-order chi connectivity index (χ1) is 15.0. The van der Waals surface area contributed by atoms with Gasteiger partial charge in [-0.1, -0.05) is 36.4 Å². The third kappa shape index (κ3) is 4.28. The van der Waals surface area contributed by atoms with Crippen molar-refractivity contribution >= 4 is 11.5 Å². The van der Waals surface area contributed by atoms with Crippen LogP contribution in [0.4, 0.5) is 5.69 Å². The molecule has 3 aromatic carbocycles. The highest BCUT2D eigenvalue weighted by Gasteiger charge is 2.17. The lowest BCUT2D eigenvalue weighted by molar-refractivity contribution is 0.101. The number of hydrogen-bond donors (Lipinski definition) is 1. The van der Waals surface area contributed by atoms with E-state index >= 15 is 0 Å². The molecular weight excluding hydrogens is 390 g/mol. The predicted molar refractivity (Wildman–Crippen MR) is 122 cm³/mol. The van der Waals surface area contributed by atoms with E-state index in [4.69, 9.17) is 4.74 Å². The molecule has 1 N–H and O–H groups in total. The molecule has 6 nitrogen and oxygen atoms in total. The quantitative estimate of drug-likeness (QED) is 0.451. The van der Waals surface area contributed by atoms with Gasteiger partial charge >= 0.3 is 0 Å². The highest BCUT2D eigenvalue weighted by molar-refractivity contribution is 5.99.